The van der Waals surface area contributed by atoms with Crippen molar-refractivity contribution in [2.24, 2.45) is 4.40 Å². The molecule has 0 bridgehead atoms. The third kappa shape index (κ3) is 1.63. The quantitative estimate of drug-likeness (QED) is 0.793. The highest BCUT2D eigenvalue weighted by atomic mass is 32.2. The second-order valence-corrected chi connectivity index (χ2v) is 5.33. The number of hydrogen-bond donors (Lipinski definition) is 1. The number of hydrogen-bond acceptors (Lipinski definition) is 3. The van der Waals surface area contributed by atoms with Crippen LogP contribution in [0.5, 0.6) is 0 Å². The van der Waals surface area contributed by atoms with Crippen molar-refractivity contribution < 1.29 is 8.42 Å². The van der Waals surface area contributed by atoms with Crippen molar-refractivity contribution in [1.82, 2.24) is 0 Å². The van der Waals surface area contributed by atoms with Crippen molar-refractivity contribution in [1.29, 1.82) is 0 Å². The normalized spacial score (nSPS) is 17.3. The number of benzene rings is 1. The highest BCUT2D eigenvalue weighted by Gasteiger charge is 2.23. The predicted molar refractivity (Wildman–Crippen MR) is 59.8 cm³/mol. The Kier molecular flexibility index (Phi) is 2.26. The molecule has 0 amide bonds. The van der Waals surface area contributed by atoms with Crippen LogP contribution in [0.2, 0.25) is 0 Å². The molecule has 0 spiro atoms. The van der Waals surface area contributed by atoms with Gasteiger partial charge in [0.15, 0.2) is 0 Å². The molecular formula is C10H12N2O2S. The summed E-state index contributed by atoms with van der Waals surface area (Å²) in [6, 6.07) is 5.24. The minimum absolute atomic E-state index is 0.260. The predicted octanol–water partition coefficient (Wildman–Crippen LogP) is 1.95. The first kappa shape index (κ1) is 10.2. The molecule has 0 saturated heterocycles. The molecule has 1 N–H and O–H groups in total. The van der Waals surface area contributed by atoms with E-state index in [-0.39, 0.29) is 10.8 Å². The highest BCUT2D eigenvalue weighted by molar-refractivity contribution is 7.90. The van der Waals surface area contributed by atoms with Crippen LogP contribution >= 0.6 is 0 Å². The summed E-state index contributed by atoms with van der Waals surface area (Å²) in [5, 5.41) is 2.90. The molecule has 0 unspecified atom stereocenters. The Bertz CT molecular complexity index is 518. The molecule has 1 aliphatic rings. The fourth-order valence-electron chi connectivity index (χ4n) is 1.62. The largest absolute Gasteiger partial charge is 0.344 e. The Balaban J connectivity index is 2.71. The molecule has 1 aliphatic heterocycles. The van der Waals surface area contributed by atoms with Gasteiger partial charge in [0.25, 0.3) is 10.0 Å². The van der Waals surface area contributed by atoms with Gasteiger partial charge in [0.2, 0.25) is 0 Å². The van der Waals surface area contributed by atoms with E-state index in [1.54, 1.807) is 12.1 Å². The lowest BCUT2D eigenvalue weighted by atomic mass is 10.0. The second-order valence-electron chi connectivity index (χ2n) is 3.73. The van der Waals surface area contributed by atoms with Crippen LogP contribution in [0.1, 0.15) is 25.3 Å². The number of fused-ring (bicyclic) bond motifs is 1. The molecule has 15 heavy (non-hydrogen) atoms. The average Bonchev–Trinajstić information content (AvgIpc) is 2.16. The van der Waals surface area contributed by atoms with Gasteiger partial charge in [-0.05, 0) is 17.5 Å². The lowest BCUT2D eigenvalue weighted by Crippen LogP contribution is -2.13. The van der Waals surface area contributed by atoms with Crippen LogP contribution in [0.3, 0.4) is 0 Å². The monoisotopic (exact) mass is 224 g/mol. The van der Waals surface area contributed by atoms with Crippen molar-refractivity contribution in [2.75, 3.05) is 5.32 Å². The van der Waals surface area contributed by atoms with E-state index in [0.29, 0.717) is 5.69 Å². The zero-order valence-electron chi connectivity index (χ0n) is 8.56. The third-order valence-corrected chi connectivity index (χ3v) is 3.64. The number of anilines is 1. The van der Waals surface area contributed by atoms with Gasteiger partial charge in [0, 0.05) is 0 Å². The molecule has 1 heterocycles. The molecule has 4 nitrogen and oxygen atoms in total. The minimum Gasteiger partial charge on any atom is -0.344 e. The SMILES string of the molecule is CC(C)c1cccc2c1NC=NS2(=O)=O. The zero-order valence-corrected chi connectivity index (χ0v) is 9.38. The van der Waals surface area contributed by atoms with Crippen molar-refractivity contribution >= 4 is 22.0 Å². The maximum atomic E-state index is 11.6. The van der Waals surface area contributed by atoms with Gasteiger partial charge in [-0.2, -0.15) is 8.42 Å². The van der Waals surface area contributed by atoms with E-state index >= 15 is 0 Å². The fraction of sp³-hybridized carbons (Fsp3) is 0.300. The highest BCUT2D eigenvalue weighted by Crippen LogP contribution is 2.32. The Labute approximate surface area is 89.1 Å². The molecule has 2 rings (SSSR count). The van der Waals surface area contributed by atoms with Gasteiger partial charge in [0.05, 0.1) is 5.69 Å². The standard InChI is InChI=1S/C10H12N2O2S/c1-7(2)8-4-3-5-9-10(8)11-6-12-15(9,13)14/h3-7H,1-2H3,(H,11,12). The molecule has 5 heteroatoms. The first-order valence-electron chi connectivity index (χ1n) is 4.70. The van der Waals surface area contributed by atoms with Crippen LogP contribution in [-0.4, -0.2) is 14.8 Å². The van der Waals surface area contributed by atoms with E-state index in [0.717, 1.165) is 5.56 Å². The average molecular weight is 224 g/mol. The first-order valence-corrected chi connectivity index (χ1v) is 6.14. The van der Waals surface area contributed by atoms with Crippen molar-refractivity contribution in [3.8, 4) is 0 Å². The first-order chi connectivity index (χ1) is 7.02. The molecule has 80 valence electrons. The summed E-state index contributed by atoms with van der Waals surface area (Å²) < 4.78 is 26.7. The van der Waals surface area contributed by atoms with Gasteiger partial charge in [-0.25, -0.2) is 0 Å². The Morgan fingerprint density at radius 1 is 1.33 bits per heavy atom. The fourth-order valence-corrected chi connectivity index (χ4v) is 2.61. The molecule has 0 atom stereocenters. The molecule has 0 aliphatic carbocycles. The smallest absolute Gasteiger partial charge is 0.285 e. The summed E-state index contributed by atoms with van der Waals surface area (Å²) in [6.07, 6.45) is 1.23. The molecule has 0 fully saturated rings. The lowest BCUT2D eigenvalue weighted by Gasteiger charge is -2.18. The van der Waals surface area contributed by atoms with E-state index in [9.17, 15) is 8.42 Å². The van der Waals surface area contributed by atoms with Gasteiger partial charge in [-0.15, -0.1) is 4.40 Å². The lowest BCUT2D eigenvalue weighted by molar-refractivity contribution is 0.598. The van der Waals surface area contributed by atoms with E-state index in [4.69, 9.17) is 0 Å². The topological polar surface area (TPSA) is 58.5 Å². The number of para-hydroxylation sites is 1. The zero-order chi connectivity index (χ0) is 11.1. The van der Waals surface area contributed by atoms with Crippen LogP contribution < -0.4 is 5.32 Å². The molecule has 0 aromatic heterocycles. The van der Waals surface area contributed by atoms with Gasteiger partial charge < -0.3 is 5.32 Å². The van der Waals surface area contributed by atoms with Crippen molar-refractivity contribution in [2.45, 2.75) is 24.7 Å². The van der Waals surface area contributed by atoms with Crippen molar-refractivity contribution in [3.05, 3.63) is 23.8 Å². The summed E-state index contributed by atoms with van der Waals surface area (Å²) in [5.74, 6) is 0.272. The summed E-state index contributed by atoms with van der Waals surface area (Å²) in [5.41, 5.74) is 1.64. The van der Waals surface area contributed by atoms with Crippen LogP contribution in [0, 0.1) is 0 Å². The summed E-state index contributed by atoms with van der Waals surface area (Å²) in [4.78, 5) is 0.260. The molecular weight excluding hydrogens is 212 g/mol. The maximum absolute atomic E-state index is 11.6. The summed E-state index contributed by atoms with van der Waals surface area (Å²) in [7, 11) is -3.49. The van der Waals surface area contributed by atoms with E-state index < -0.39 is 10.0 Å². The Morgan fingerprint density at radius 2 is 2.07 bits per heavy atom. The number of sulfonamides is 1. The molecule has 1 aromatic rings. The van der Waals surface area contributed by atoms with Crippen LogP contribution in [-0.2, 0) is 10.0 Å². The summed E-state index contributed by atoms with van der Waals surface area (Å²) in [6.45, 7) is 4.05. The van der Waals surface area contributed by atoms with E-state index in [1.807, 2.05) is 19.9 Å². The van der Waals surface area contributed by atoms with Crippen LogP contribution in [0.15, 0.2) is 27.5 Å². The number of nitrogens with one attached hydrogen (secondary N) is 1. The van der Waals surface area contributed by atoms with Gasteiger partial charge in [-0.3, -0.25) is 0 Å². The van der Waals surface area contributed by atoms with E-state index in [2.05, 4.69) is 9.71 Å². The van der Waals surface area contributed by atoms with Crippen LogP contribution in [0.4, 0.5) is 5.69 Å². The van der Waals surface area contributed by atoms with Gasteiger partial charge in [-0.1, -0.05) is 26.0 Å². The van der Waals surface area contributed by atoms with Crippen LogP contribution in [0.25, 0.3) is 0 Å². The number of rotatable bonds is 1. The molecule has 0 saturated carbocycles. The van der Waals surface area contributed by atoms with Gasteiger partial charge >= 0.3 is 0 Å². The van der Waals surface area contributed by atoms with Crippen molar-refractivity contribution in [3.63, 3.8) is 0 Å². The van der Waals surface area contributed by atoms with Gasteiger partial charge in [0.1, 0.15) is 11.2 Å². The van der Waals surface area contributed by atoms with E-state index in [1.165, 1.54) is 6.34 Å². The molecule has 1 aromatic carbocycles. The number of nitrogens with zero attached hydrogens (tertiary/aromatic N) is 1. The Morgan fingerprint density at radius 3 is 2.73 bits per heavy atom. The third-order valence-electron chi connectivity index (χ3n) is 2.36. The second kappa shape index (κ2) is 3.34. The maximum Gasteiger partial charge on any atom is 0.285 e. The summed E-state index contributed by atoms with van der Waals surface area (Å²) >= 11 is 0. The Hall–Kier alpha value is -1.36. The minimum atomic E-state index is -3.49. The molecule has 0 radical (unpaired) electrons.